The standard InChI is InChI=1S/C12H21NS/c1-10(2)8-11(9-13)5-6-12-4-3-7-14-12/h3-4,7,10-11H,5-6,8-9,13H2,1-2H3. The van der Waals surface area contributed by atoms with Crippen molar-refractivity contribution in [3.8, 4) is 0 Å². The molecule has 14 heavy (non-hydrogen) atoms. The monoisotopic (exact) mass is 211 g/mol. The smallest absolute Gasteiger partial charge is 0.00453 e. The molecule has 80 valence electrons. The fraction of sp³-hybridized carbons (Fsp3) is 0.667. The maximum absolute atomic E-state index is 5.76. The summed E-state index contributed by atoms with van der Waals surface area (Å²) in [6.07, 6.45) is 3.71. The summed E-state index contributed by atoms with van der Waals surface area (Å²) in [6, 6.07) is 4.34. The Kier molecular flexibility index (Phi) is 5.20. The van der Waals surface area contributed by atoms with Gasteiger partial charge in [-0.3, -0.25) is 0 Å². The summed E-state index contributed by atoms with van der Waals surface area (Å²) in [6.45, 7) is 5.38. The first-order valence-electron chi connectivity index (χ1n) is 5.44. The number of thiophene rings is 1. The summed E-state index contributed by atoms with van der Waals surface area (Å²) in [4.78, 5) is 1.49. The minimum Gasteiger partial charge on any atom is -0.330 e. The molecule has 1 aromatic heterocycles. The largest absolute Gasteiger partial charge is 0.330 e. The molecule has 0 fully saturated rings. The van der Waals surface area contributed by atoms with Crippen LogP contribution in [-0.4, -0.2) is 6.54 Å². The fourth-order valence-electron chi connectivity index (χ4n) is 1.80. The lowest BCUT2D eigenvalue weighted by atomic mass is 9.93. The van der Waals surface area contributed by atoms with Gasteiger partial charge in [-0.2, -0.15) is 0 Å². The lowest BCUT2D eigenvalue weighted by molar-refractivity contribution is 0.395. The van der Waals surface area contributed by atoms with E-state index in [0.29, 0.717) is 5.92 Å². The van der Waals surface area contributed by atoms with Crippen LogP contribution < -0.4 is 5.73 Å². The molecule has 2 heteroatoms. The van der Waals surface area contributed by atoms with Crippen LogP contribution in [0.5, 0.6) is 0 Å². The minimum absolute atomic E-state index is 0.706. The Morgan fingerprint density at radius 1 is 1.43 bits per heavy atom. The molecule has 0 aliphatic heterocycles. The molecule has 2 N–H and O–H groups in total. The molecule has 0 saturated carbocycles. The molecule has 0 aliphatic carbocycles. The van der Waals surface area contributed by atoms with E-state index in [0.717, 1.165) is 12.5 Å². The van der Waals surface area contributed by atoms with Crippen molar-refractivity contribution >= 4 is 11.3 Å². The average molecular weight is 211 g/mol. The third kappa shape index (κ3) is 4.25. The van der Waals surface area contributed by atoms with Gasteiger partial charge in [-0.05, 0) is 49.1 Å². The van der Waals surface area contributed by atoms with Gasteiger partial charge in [-0.1, -0.05) is 19.9 Å². The van der Waals surface area contributed by atoms with Gasteiger partial charge >= 0.3 is 0 Å². The number of rotatable bonds is 6. The van der Waals surface area contributed by atoms with Crippen molar-refractivity contribution in [2.75, 3.05) is 6.54 Å². The highest BCUT2D eigenvalue weighted by atomic mass is 32.1. The molecular formula is C12H21NS. The van der Waals surface area contributed by atoms with Crippen LogP contribution in [0.15, 0.2) is 17.5 Å². The van der Waals surface area contributed by atoms with Gasteiger partial charge in [-0.25, -0.2) is 0 Å². The van der Waals surface area contributed by atoms with E-state index < -0.39 is 0 Å². The Morgan fingerprint density at radius 2 is 2.21 bits per heavy atom. The van der Waals surface area contributed by atoms with Crippen molar-refractivity contribution in [1.29, 1.82) is 0 Å². The summed E-state index contributed by atoms with van der Waals surface area (Å²) < 4.78 is 0. The van der Waals surface area contributed by atoms with Crippen molar-refractivity contribution in [2.24, 2.45) is 17.6 Å². The molecule has 0 amide bonds. The first-order valence-corrected chi connectivity index (χ1v) is 6.32. The van der Waals surface area contributed by atoms with Gasteiger partial charge in [0.15, 0.2) is 0 Å². The molecule has 0 saturated heterocycles. The van der Waals surface area contributed by atoms with Gasteiger partial charge in [-0.15, -0.1) is 11.3 Å². The van der Waals surface area contributed by atoms with Crippen molar-refractivity contribution in [1.82, 2.24) is 0 Å². The third-order valence-corrected chi connectivity index (χ3v) is 3.45. The average Bonchev–Trinajstić information content (AvgIpc) is 2.64. The maximum Gasteiger partial charge on any atom is 0.00453 e. The van der Waals surface area contributed by atoms with E-state index in [9.17, 15) is 0 Å². The number of hydrogen-bond acceptors (Lipinski definition) is 2. The molecule has 0 spiro atoms. The Labute approximate surface area is 91.3 Å². The topological polar surface area (TPSA) is 26.0 Å². The van der Waals surface area contributed by atoms with Crippen LogP contribution in [0.25, 0.3) is 0 Å². The molecular weight excluding hydrogens is 190 g/mol. The molecule has 1 nitrogen and oxygen atoms in total. The SMILES string of the molecule is CC(C)CC(CN)CCc1cccs1. The molecule has 1 aromatic rings. The highest BCUT2D eigenvalue weighted by molar-refractivity contribution is 7.09. The lowest BCUT2D eigenvalue weighted by Crippen LogP contribution is -2.17. The predicted octanol–water partition coefficient (Wildman–Crippen LogP) is 3.30. The highest BCUT2D eigenvalue weighted by Gasteiger charge is 2.09. The van der Waals surface area contributed by atoms with Crippen LogP contribution >= 0.6 is 11.3 Å². The maximum atomic E-state index is 5.76. The number of aryl methyl sites for hydroxylation is 1. The molecule has 1 rings (SSSR count). The number of hydrogen-bond donors (Lipinski definition) is 1. The van der Waals surface area contributed by atoms with E-state index in [-0.39, 0.29) is 0 Å². The van der Waals surface area contributed by atoms with Crippen LogP contribution in [-0.2, 0) is 6.42 Å². The van der Waals surface area contributed by atoms with Gasteiger partial charge in [0, 0.05) is 4.88 Å². The van der Waals surface area contributed by atoms with Crippen LogP contribution in [0.4, 0.5) is 0 Å². The summed E-state index contributed by atoms with van der Waals surface area (Å²) >= 11 is 1.85. The second kappa shape index (κ2) is 6.20. The van der Waals surface area contributed by atoms with Gasteiger partial charge in [0.25, 0.3) is 0 Å². The molecule has 0 radical (unpaired) electrons. The van der Waals surface area contributed by atoms with E-state index in [1.165, 1.54) is 24.1 Å². The second-order valence-corrected chi connectivity index (χ2v) is 5.38. The highest BCUT2D eigenvalue weighted by Crippen LogP contribution is 2.19. The first-order chi connectivity index (χ1) is 6.72. The lowest BCUT2D eigenvalue weighted by Gasteiger charge is -2.16. The van der Waals surface area contributed by atoms with Crippen molar-refractivity contribution in [3.63, 3.8) is 0 Å². The Balaban J connectivity index is 2.27. The minimum atomic E-state index is 0.706. The molecule has 0 aromatic carbocycles. The van der Waals surface area contributed by atoms with E-state index >= 15 is 0 Å². The van der Waals surface area contributed by atoms with Crippen LogP contribution in [0.2, 0.25) is 0 Å². The van der Waals surface area contributed by atoms with Gasteiger partial charge in [0.2, 0.25) is 0 Å². The zero-order valence-electron chi connectivity index (χ0n) is 9.20. The first kappa shape index (κ1) is 11.7. The fourth-order valence-corrected chi connectivity index (χ4v) is 2.52. The zero-order chi connectivity index (χ0) is 10.4. The molecule has 1 unspecified atom stereocenters. The third-order valence-electron chi connectivity index (χ3n) is 2.52. The van der Waals surface area contributed by atoms with E-state index in [1.54, 1.807) is 0 Å². The van der Waals surface area contributed by atoms with Crippen LogP contribution in [0.1, 0.15) is 31.6 Å². The Hall–Kier alpha value is -0.340. The van der Waals surface area contributed by atoms with Gasteiger partial charge in [0.05, 0.1) is 0 Å². The van der Waals surface area contributed by atoms with E-state index in [4.69, 9.17) is 5.73 Å². The van der Waals surface area contributed by atoms with Gasteiger partial charge < -0.3 is 5.73 Å². The van der Waals surface area contributed by atoms with Gasteiger partial charge in [0.1, 0.15) is 0 Å². The van der Waals surface area contributed by atoms with E-state index in [2.05, 4.69) is 31.4 Å². The summed E-state index contributed by atoms with van der Waals surface area (Å²) in [5, 5.41) is 2.15. The second-order valence-electron chi connectivity index (χ2n) is 4.35. The molecule has 0 aliphatic rings. The molecule has 1 atom stereocenters. The van der Waals surface area contributed by atoms with Crippen LogP contribution in [0, 0.1) is 11.8 Å². The number of nitrogens with two attached hydrogens (primary N) is 1. The summed E-state index contributed by atoms with van der Waals surface area (Å²) in [5.41, 5.74) is 5.76. The van der Waals surface area contributed by atoms with Crippen molar-refractivity contribution < 1.29 is 0 Å². The quantitative estimate of drug-likeness (QED) is 0.767. The zero-order valence-corrected chi connectivity index (χ0v) is 10.0. The Morgan fingerprint density at radius 3 is 2.71 bits per heavy atom. The van der Waals surface area contributed by atoms with E-state index in [1.807, 2.05) is 11.3 Å². The molecule has 0 bridgehead atoms. The predicted molar refractivity (Wildman–Crippen MR) is 64.6 cm³/mol. The van der Waals surface area contributed by atoms with Crippen molar-refractivity contribution in [2.45, 2.75) is 33.1 Å². The Bertz CT molecular complexity index is 228. The van der Waals surface area contributed by atoms with Crippen LogP contribution in [0.3, 0.4) is 0 Å². The summed E-state index contributed by atoms with van der Waals surface area (Å²) in [7, 11) is 0. The normalized spacial score (nSPS) is 13.4. The molecule has 1 heterocycles. The van der Waals surface area contributed by atoms with Crippen molar-refractivity contribution in [3.05, 3.63) is 22.4 Å². The summed E-state index contributed by atoms with van der Waals surface area (Å²) in [5.74, 6) is 1.48.